The number of amides is 1. The number of H-pyrrole nitrogens is 1. The van der Waals surface area contributed by atoms with Crippen molar-refractivity contribution >= 4 is 16.8 Å². The first kappa shape index (κ1) is 13.8. The van der Waals surface area contributed by atoms with Crippen molar-refractivity contribution in [3.05, 3.63) is 54.4 Å². The molecule has 1 aliphatic rings. The molecule has 1 amide bonds. The van der Waals surface area contributed by atoms with Crippen LogP contribution >= 0.6 is 0 Å². The number of benzene rings is 1. The number of hydrogen-bond acceptors (Lipinski definition) is 4. The summed E-state index contributed by atoms with van der Waals surface area (Å²) in [5.41, 5.74) is 1.59. The quantitative estimate of drug-likeness (QED) is 0.805. The third-order valence-electron chi connectivity index (χ3n) is 4.03. The molecule has 1 atom stereocenters. The van der Waals surface area contributed by atoms with E-state index < -0.39 is 0 Å². The Bertz CT molecular complexity index is 798. The minimum absolute atomic E-state index is 0.00597. The minimum Gasteiger partial charge on any atom is -0.471 e. The van der Waals surface area contributed by atoms with E-state index in [0.717, 1.165) is 17.3 Å². The highest BCUT2D eigenvalue weighted by Gasteiger charge is 2.29. The smallest absolute Gasteiger partial charge is 0.270 e. The lowest BCUT2D eigenvalue weighted by Crippen LogP contribution is -2.31. The van der Waals surface area contributed by atoms with Crippen LogP contribution in [0.25, 0.3) is 10.9 Å². The molecule has 0 saturated carbocycles. The minimum atomic E-state index is -0.0416. The van der Waals surface area contributed by atoms with Gasteiger partial charge in [0, 0.05) is 36.1 Å². The Morgan fingerprint density at radius 3 is 3.00 bits per heavy atom. The van der Waals surface area contributed by atoms with E-state index in [2.05, 4.69) is 15.2 Å². The fourth-order valence-corrected chi connectivity index (χ4v) is 2.89. The Labute approximate surface area is 133 Å². The number of aromatic amines is 1. The van der Waals surface area contributed by atoms with E-state index in [1.54, 1.807) is 18.3 Å². The number of nitrogens with one attached hydrogen (secondary N) is 1. The van der Waals surface area contributed by atoms with E-state index in [1.807, 2.05) is 35.2 Å². The lowest BCUT2D eigenvalue weighted by atomic mass is 10.2. The van der Waals surface area contributed by atoms with Crippen LogP contribution in [0.1, 0.15) is 16.9 Å². The van der Waals surface area contributed by atoms with Gasteiger partial charge in [0.25, 0.3) is 5.91 Å². The predicted octanol–water partition coefficient (Wildman–Crippen LogP) is 2.25. The molecule has 3 aromatic rings. The van der Waals surface area contributed by atoms with E-state index in [1.165, 1.54) is 0 Å². The fourth-order valence-electron chi connectivity index (χ4n) is 2.89. The number of rotatable bonds is 3. The zero-order valence-electron chi connectivity index (χ0n) is 12.5. The van der Waals surface area contributed by atoms with Crippen LogP contribution in [-0.2, 0) is 0 Å². The lowest BCUT2D eigenvalue weighted by Gasteiger charge is -2.16. The van der Waals surface area contributed by atoms with Gasteiger partial charge in [0.15, 0.2) is 0 Å². The summed E-state index contributed by atoms with van der Waals surface area (Å²) < 4.78 is 5.77. The van der Waals surface area contributed by atoms with Gasteiger partial charge in [0.05, 0.1) is 6.54 Å². The van der Waals surface area contributed by atoms with Crippen LogP contribution in [-0.4, -0.2) is 45.2 Å². The average molecular weight is 308 g/mol. The number of carbonyl (C=O) groups is 1. The van der Waals surface area contributed by atoms with Gasteiger partial charge in [0.1, 0.15) is 11.8 Å². The van der Waals surface area contributed by atoms with E-state index in [4.69, 9.17) is 4.74 Å². The standard InChI is InChI=1S/C17H16N4O2/c22-17(15-10-12-4-1-2-5-14(12)19-15)21-9-7-13(11-21)23-16-6-3-8-18-20-16/h1-6,8,10,13,19H,7,9,11H2/t13-/m1/s1. The molecule has 1 fully saturated rings. The maximum atomic E-state index is 12.6. The van der Waals surface area contributed by atoms with Crippen molar-refractivity contribution < 1.29 is 9.53 Å². The highest BCUT2D eigenvalue weighted by Crippen LogP contribution is 2.20. The van der Waals surface area contributed by atoms with Crippen LogP contribution in [0.5, 0.6) is 5.88 Å². The summed E-state index contributed by atoms with van der Waals surface area (Å²) in [5.74, 6) is 0.504. The lowest BCUT2D eigenvalue weighted by molar-refractivity contribution is 0.0766. The number of aromatic nitrogens is 3. The molecule has 23 heavy (non-hydrogen) atoms. The second-order valence-corrected chi connectivity index (χ2v) is 5.61. The van der Waals surface area contributed by atoms with Crippen molar-refractivity contribution in [1.82, 2.24) is 20.1 Å². The Morgan fingerprint density at radius 2 is 2.17 bits per heavy atom. The summed E-state index contributed by atoms with van der Waals surface area (Å²) in [6, 6.07) is 13.3. The zero-order chi connectivity index (χ0) is 15.6. The normalized spacial score (nSPS) is 17.6. The zero-order valence-corrected chi connectivity index (χ0v) is 12.5. The Kier molecular flexibility index (Phi) is 3.42. The molecular formula is C17H16N4O2. The summed E-state index contributed by atoms with van der Waals surface area (Å²) in [5, 5.41) is 8.75. The van der Waals surface area contributed by atoms with E-state index in [0.29, 0.717) is 24.7 Å². The van der Waals surface area contributed by atoms with Crippen LogP contribution in [0.3, 0.4) is 0 Å². The number of para-hydroxylation sites is 1. The summed E-state index contributed by atoms with van der Waals surface area (Å²) in [4.78, 5) is 17.6. The number of likely N-dealkylation sites (tertiary alicyclic amines) is 1. The molecule has 1 aromatic carbocycles. The van der Waals surface area contributed by atoms with E-state index in [9.17, 15) is 4.79 Å². The topological polar surface area (TPSA) is 71.1 Å². The first-order valence-electron chi connectivity index (χ1n) is 7.61. The molecule has 6 nitrogen and oxygen atoms in total. The van der Waals surface area contributed by atoms with Crippen molar-refractivity contribution in [2.24, 2.45) is 0 Å². The van der Waals surface area contributed by atoms with Gasteiger partial charge in [-0.2, -0.15) is 5.10 Å². The number of ether oxygens (including phenoxy) is 1. The Morgan fingerprint density at radius 1 is 1.26 bits per heavy atom. The molecule has 4 rings (SSSR count). The van der Waals surface area contributed by atoms with Gasteiger partial charge < -0.3 is 14.6 Å². The molecule has 0 bridgehead atoms. The van der Waals surface area contributed by atoms with Crippen LogP contribution < -0.4 is 4.74 Å². The number of fused-ring (bicyclic) bond motifs is 1. The predicted molar refractivity (Wildman–Crippen MR) is 85.3 cm³/mol. The molecule has 0 radical (unpaired) electrons. The van der Waals surface area contributed by atoms with Crippen molar-refractivity contribution in [2.45, 2.75) is 12.5 Å². The van der Waals surface area contributed by atoms with Crippen molar-refractivity contribution in [2.75, 3.05) is 13.1 Å². The summed E-state index contributed by atoms with van der Waals surface area (Å²) in [6.07, 6.45) is 2.36. The second-order valence-electron chi connectivity index (χ2n) is 5.61. The highest BCUT2D eigenvalue weighted by molar-refractivity contribution is 5.98. The first-order chi connectivity index (χ1) is 11.3. The van der Waals surface area contributed by atoms with Crippen LogP contribution in [0.15, 0.2) is 48.7 Å². The number of hydrogen-bond donors (Lipinski definition) is 1. The maximum absolute atomic E-state index is 12.6. The molecule has 0 spiro atoms. The Balaban J connectivity index is 1.45. The number of nitrogens with zero attached hydrogens (tertiary/aromatic N) is 3. The van der Waals surface area contributed by atoms with Gasteiger partial charge in [0.2, 0.25) is 5.88 Å². The van der Waals surface area contributed by atoms with Gasteiger partial charge in [-0.1, -0.05) is 18.2 Å². The third-order valence-corrected chi connectivity index (χ3v) is 4.03. The average Bonchev–Trinajstić information content (AvgIpc) is 3.21. The van der Waals surface area contributed by atoms with Gasteiger partial charge in [-0.15, -0.1) is 5.10 Å². The summed E-state index contributed by atoms with van der Waals surface area (Å²) in [6.45, 7) is 1.24. The monoisotopic (exact) mass is 308 g/mol. The van der Waals surface area contributed by atoms with Crippen LogP contribution in [0, 0.1) is 0 Å². The second kappa shape index (κ2) is 5.72. The van der Waals surface area contributed by atoms with Crippen molar-refractivity contribution in [1.29, 1.82) is 0 Å². The molecule has 1 aliphatic heterocycles. The Hall–Kier alpha value is -2.89. The molecule has 1 N–H and O–H groups in total. The molecule has 3 heterocycles. The molecule has 0 aliphatic carbocycles. The van der Waals surface area contributed by atoms with Gasteiger partial charge in [-0.25, -0.2) is 0 Å². The number of carbonyl (C=O) groups excluding carboxylic acids is 1. The van der Waals surface area contributed by atoms with Crippen LogP contribution in [0.4, 0.5) is 0 Å². The molecule has 6 heteroatoms. The fraction of sp³-hybridized carbons (Fsp3) is 0.235. The third kappa shape index (κ3) is 2.75. The van der Waals surface area contributed by atoms with E-state index in [-0.39, 0.29) is 12.0 Å². The molecule has 1 saturated heterocycles. The largest absolute Gasteiger partial charge is 0.471 e. The first-order valence-corrected chi connectivity index (χ1v) is 7.61. The molecule has 0 unspecified atom stereocenters. The molecular weight excluding hydrogens is 292 g/mol. The molecule has 116 valence electrons. The maximum Gasteiger partial charge on any atom is 0.270 e. The SMILES string of the molecule is O=C(c1cc2ccccc2[nH]1)N1CC[C@@H](Oc2cccnn2)C1. The van der Waals surface area contributed by atoms with E-state index >= 15 is 0 Å². The van der Waals surface area contributed by atoms with Crippen molar-refractivity contribution in [3.8, 4) is 5.88 Å². The van der Waals surface area contributed by atoms with Gasteiger partial charge in [-0.05, 0) is 18.2 Å². The van der Waals surface area contributed by atoms with Crippen LogP contribution in [0.2, 0.25) is 0 Å². The molecule has 2 aromatic heterocycles. The van der Waals surface area contributed by atoms with Gasteiger partial charge in [-0.3, -0.25) is 4.79 Å². The summed E-state index contributed by atoms with van der Waals surface area (Å²) >= 11 is 0. The van der Waals surface area contributed by atoms with Crippen molar-refractivity contribution in [3.63, 3.8) is 0 Å². The van der Waals surface area contributed by atoms with Gasteiger partial charge >= 0.3 is 0 Å². The summed E-state index contributed by atoms with van der Waals surface area (Å²) in [7, 11) is 0. The highest BCUT2D eigenvalue weighted by atomic mass is 16.5.